The summed E-state index contributed by atoms with van der Waals surface area (Å²) in [5.41, 5.74) is 1.23. The molecule has 160 valence electrons. The van der Waals surface area contributed by atoms with E-state index in [2.05, 4.69) is 25.9 Å². The average molecular weight is 424 g/mol. The molecule has 0 radical (unpaired) electrons. The largest absolute Gasteiger partial charge is 0.497 e. The Kier molecular flexibility index (Phi) is 6.45. The van der Waals surface area contributed by atoms with Crippen LogP contribution < -0.4 is 25.4 Å². The zero-order valence-electron chi connectivity index (χ0n) is 17.0. The molecule has 11 nitrogen and oxygen atoms in total. The van der Waals surface area contributed by atoms with Crippen LogP contribution in [0.2, 0.25) is 0 Å². The van der Waals surface area contributed by atoms with Gasteiger partial charge in [-0.3, -0.25) is 14.9 Å². The van der Waals surface area contributed by atoms with E-state index in [9.17, 15) is 14.9 Å². The minimum atomic E-state index is -0.580. The Morgan fingerprint density at radius 3 is 2.19 bits per heavy atom. The molecule has 0 unspecified atom stereocenters. The van der Waals surface area contributed by atoms with Crippen LogP contribution in [-0.2, 0) is 4.79 Å². The predicted octanol–water partition coefficient (Wildman–Crippen LogP) is 3.85. The molecule has 0 aliphatic rings. The number of nitrogens with one attached hydrogen (secondary N) is 3. The Balaban J connectivity index is 1.93. The SMILES string of the molecule is COc1ccc(OC)c(Nc2ncnc(Nc3ccc(NC(C)=O)cc3)c2[N+](=O)[O-])c1. The molecule has 0 fully saturated rings. The van der Waals surface area contributed by atoms with Crippen LogP contribution in [0.5, 0.6) is 11.5 Å². The van der Waals surface area contributed by atoms with Gasteiger partial charge in [-0.25, -0.2) is 9.97 Å². The lowest BCUT2D eigenvalue weighted by Crippen LogP contribution is -2.07. The third-order valence-corrected chi connectivity index (χ3v) is 4.13. The van der Waals surface area contributed by atoms with Crippen molar-refractivity contribution in [3.63, 3.8) is 0 Å². The van der Waals surface area contributed by atoms with Crippen molar-refractivity contribution in [2.75, 3.05) is 30.2 Å². The first-order valence-electron chi connectivity index (χ1n) is 9.04. The van der Waals surface area contributed by atoms with Gasteiger partial charge in [0, 0.05) is 24.4 Å². The van der Waals surface area contributed by atoms with E-state index >= 15 is 0 Å². The summed E-state index contributed by atoms with van der Waals surface area (Å²) in [5, 5.41) is 20.3. The zero-order valence-corrected chi connectivity index (χ0v) is 17.0. The number of methoxy groups -OCH3 is 2. The van der Waals surface area contributed by atoms with Crippen molar-refractivity contribution in [2.45, 2.75) is 6.92 Å². The zero-order chi connectivity index (χ0) is 22.4. The number of nitrogens with zero attached hydrogens (tertiary/aromatic N) is 3. The van der Waals surface area contributed by atoms with E-state index < -0.39 is 4.92 Å². The monoisotopic (exact) mass is 424 g/mol. The van der Waals surface area contributed by atoms with Gasteiger partial charge in [0.05, 0.1) is 24.8 Å². The number of benzene rings is 2. The lowest BCUT2D eigenvalue weighted by Gasteiger charge is -2.13. The Morgan fingerprint density at radius 1 is 0.968 bits per heavy atom. The molecular formula is C20H20N6O5. The summed E-state index contributed by atoms with van der Waals surface area (Å²) >= 11 is 0. The number of hydrogen-bond acceptors (Lipinski definition) is 9. The number of nitro groups is 1. The van der Waals surface area contributed by atoms with Gasteiger partial charge in [0.1, 0.15) is 17.8 Å². The fourth-order valence-corrected chi connectivity index (χ4v) is 2.75. The minimum absolute atomic E-state index is 0.00311. The van der Waals surface area contributed by atoms with E-state index in [1.165, 1.54) is 27.5 Å². The van der Waals surface area contributed by atoms with Crippen molar-refractivity contribution in [3.05, 3.63) is 58.9 Å². The molecule has 31 heavy (non-hydrogen) atoms. The van der Waals surface area contributed by atoms with Crippen molar-refractivity contribution in [1.82, 2.24) is 9.97 Å². The molecule has 0 saturated heterocycles. The van der Waals surface area contributed by atoms with Crippen LogP contribution in [0.1, 0.15) is 6.92 Å². The third-order valence-electron chi connectivity index (χ3n) is 4.13. The number of carbonyl (C=O) groups is 1. The summed E-state index contributed by atoms with van der Waals surface area (Å²) in [6.07, 6.45) is 1.20. The second kappa shape index (κ2) is 9.39. The maximum atomic E-state index is 11.8. The Bertz CT molecular complexity index is 1100. The van der Waals surface area contributed by atoms with Crippen LogP contribution in [0.4, 0.5) is 34.4 Å². The molecule has 2 aromatic carbocycles. The summed E-state index contributed by atoms with van der Waals surface area (Å²) in [7, 11) is 3.00. The van der Waals surface area contributed by atoms with Gasteiger partial charge in [-0.15, -0.1) is 0 Å². The van der Waals surface area contributed by atoms with E-state index in [0.717, 1.165) is 0 Å². The quantitative estimate of drug-likeness (QED) is 0.363. The number of carbonyl (C=O) groups excluding carboxylic acids is 1. The lowest BCUT2D eigenvalue weighted by molar-refractivity contribution is -0.383. The normalized spacial score (nSPS) is 10.2. The molecule has 11 heteroatoms. The van der Waals surface area contributed by atoms with Crippen LogP contribution in [0, 0.1) is 10.1 Å². The van der Waals surface area contributed by atoms with Crippen molar-refractivity contribution < 1.29 is 19.2 Å². The van der Waals surface area contributed by atoms with Crippen LogP contribution in [0.3, 0.4) is 0 Å². The standard InChI is InChI=1S/C20H20N6O5/c1-12(27)23-13-4-6-14(7-5-13)24-19-18(26(28)29)20(22-11-21-19)25-16-10-15(30-2)8-9-17(16)31-3/h4-11H,1-3H3,(H,23,27)(H2,21,22,24,25). The van der Waals surface area contributed by atoms with Crippen molar-refractivity contribution in [2.24, 2.45) is 0 Å². The van der Waals surface area contributed by atoms with Crippen LogP contribution in [0.25, 0.3) is 0 Å². The highest BCUT2D eigenvalue weighted by molar-refractivity contribution is 5.89. The topological polar surface area (TPSA) is 141 Å². The Labute approximate surface area is 177 Å². The van der Waals surface area contributed by atoms with E-state index in [1.807, 2.05) is 0 Å². The maximum absolute atomic E-state index is 11.8. The molecule has 0 saturated carbocycles. The molecule has 1 aromatic heterocycles. The van der Waals surface area contributed by atoms with E-state index in [-0.39, 0.29) is 23.2 Å². The van der Waals surface area contributed by atoms with Gasteiger partial charge in [-0.05, 0) is 36.4 Å². The van der Waals surface area contributed by atoms with Gasteiger partial charge in [-0.2, -0.15) is 0 Å². The van der Waals surface area contributed by atoms with Crippen molar-refractivity contribution in [1.29, 1.82) is 0 Å². The van der Waals surface area contributed by atoms with E-state index in [4.69, 9.17) is 9.47 Å². The minimum Gasteiger partial charge on any atom is -0.497 e. The summed E-state index contributed by atoms with van der Waals surface area (Å²) in [6.45, 7) is 1.41. The lowest BCUT2D eigenvalue weighted by atomic mass is 10.2. The summed E-state index contributed by atoms with van der Waals surface area (Å²) in [4.78, 5) is 30.4. The van der Waals surface area contributed by atoms with Gasteiger partial charge >= 0.3 is 5.69 Å². The molecule has 0 aliphatic heterocycles. The highest BCUT2D eigenvalue weighted by Gasteiger charge is 2.24. The van der Waals surface area contributed by atoms with Gasteiger partial charge in [0.25, 0.3) is 0 Å². The molecule has 0 atom stereocenters. The van der Waals surface area contributed by atoms with Gasteiger partial charge < -0.3 is 25.4 Å². The fourth-order valence-electron chi connectivity index (χ4n) is 2.75. The molecule has 1 amide bonds. The average Bonchev–Trinajstić information content (AvgIpc) is 2.74. The fraction of sp³-hybridized carbons (Fsp3) is 0.150. The first kappa shape index (κ1) is 21.3. The van der Waals surface area contributed by atoms with Crippen LogP contribution in [-0.4, -0.2) is 35.0 Å². The van der Waals surface area contributed by atoms with Gasteiger partial charge in [0.15, 0.2) is 0 Å². The second-order valence-corrected chi connectivity index (χ2v) is 6.25. The van der Waals surface area contributed by atoms with E-state index in [0.29, 0.717) is 28.6 Å². The maximum Gasteiger partial charge on any atom is 0.353 e. The second-order valence-electron chi connectivity index (χ2n) is 6.25. The first-order chi connectivity index (χ1) is 14.9. The number of hydrogen-bond donors (Lipinski definition) is 3. The number of amides is 1. The Hall–Kier alpha value is -4.41. The molecule has 3 N–H and O–H groups in total. The van der Waals surface area contributed by atoms with Gasteiger partial charge in [-0.1, -0.05) is 0 Å². The van der Waals surface area contributed by atoms with Crippen molar-refractivity contribution in [3.8, 4) is 11.5 Å². The highest BCUT2D eigenvalue weighted by atomic mass is 16.6. The number of ether oxygens (including phenoxy) is 2. The number of anilines is 5. The van der Waals surface area contributed by atoms with Crippen LogP contribution >= 0.6 is 0 Å². The molecule has 3 rings (SSSR count). The van der Waals surface area contributed by atoms with Gasteiger partial charge in [0.2, 0.25) is 17.5 Å². The number of aromatic nitrogens is 2. The van der Waals surface area contributed by atoms with Crippen LogP contribution in [0.15, 0.2) is 48.8 Å². The first-order valence-corrected chi connectivity index (χ1v) is 9.04. The molecular weight excluding hydrogens is 404 g/mol. The number of rotatable bonds is 8. The molecule has 0 bridgehead atoms. The Morgan fingerprint density at radius 2 is 1.61 bits per heavy atom. The smallest absolute Gasteiger partial charge is 0.353 e. The third kappa shape index (κ3) is 5.15. The highest BCUT2D eigenvalue weighted by Crippen LogP contribution is 2.37. The summed E-state index contributed by atoms with van der Waals surface area (Å²) in [5.74, 6) is 0.769. The summed E-state index contributed by atoms with van der Waals surface area (Å²) < 4.78 is 10.5. The molecule has 0 aliphatic carbocycles. The molecule has 3 aromatic rings. The van der Waals surface area contributed by atoms with E-state index in [1.54, 1.807) is 42.5 Å². The predicted molar refractivity (Wildman–Crippen MR) is 116 cm³/mol. The van der Waals surface area contributed by atoms with Crippen molar-refractivity contribution >= 4 is 40.3 Å². The summed E-state index contributed by atoms with van der Waals surface area (Å²) in [6, 6.07) is 11.7. The molecule has 1 heterocycles. The molecule has 0 spiro atoms.